The molecule has 1 amide bonds. The molecule has 4 heteroatoms. The van der Waals surface area contributed by atoms with Gasteiger partial charge in [-0.2, -0.15) is 0 Å². The van der Waals surface area contributed by atoms with Crippen LogP contribution in [0.25, 0.3) is 0 Å². The largest absolute Gasteiger partial charge is 0.481 e. The number of aliphatic carboxylic acids is 1. The molecule has 2 N–H and O–H groups in total. The molecule has 0 heterocycles. The average Bonchev–Trinajstić information content (AvgIpc) is 1.82. The molecule has 0 aliphatic carbocycles. The summed E-state index contributed by atoms with van der Waals surface area (Å²) < 4.78 is 0. The van der Waals surface area contributed by atoms with Crippen molar-refractivity contribution in [3.63, 3.8) is 0 Å². The monoisotopic (exact) mass is 173 g/mol. The number of rotatable bonds is 2. The summed E-state index contributed by atoms with van der Waals surface area (Å²) in [6.07, 6.45) is 0. The van der Waals surface area contributed by atoms with Crippen LogP contribution in [0, 0.1) is 5.92 Å². The van der Waals surface area contributed by atoms with Crippen molar-refractivity contribution in [2.24, 2.45) is 5.92 Å². The summed E-state index contributed by atoms with van der Waals surface area (Å²) in [7, 11) is 0. The van der Waals surface area contributed by atoms with Crippen molar-refractivity contribution < 1.29 is 14.7 Å². The van der Waals surface area contributed by atoms with Crippen LogP contribution in [0.2, 0.25) is 0 Å². The van der Waals surface area contributed by atoms with E-state index in [2.05, 4.69) is 5.32 Å². The number of carboxylic acid groups (broad SMARTS) is 1. The molecule has 0 spiro atoms. The number of carbonyl (C=O) groups excluding carboxylic acids is 1. The first-order valence-electron chi connectivity index (χ1n) is 3.79. The van der Waals surface area contributed by atoms with Gasteiger partial charge < -0.3 is 10.4 Å². The maximum atomic E-state index is 11.1. The van der Waals surface area contributed by atoms with Gasteiger partial charge in [-0.1, -0.05) is 0 Å². The second-order valence-corrected chi connectivity index (χ2v) is 3.80. The number of nitrogens with one attached hydrogen (secondary N) is 1. The predicted molar refractivity (Wildman–Crippen MR) is 44.7 cm³/mol. The molecule has 0 saturated heterocycles. The minimum absolute atomic E-state index is 0.374. The topological polar surface area (TPSA) is 66.4 Å². The van der Waals surface area contributed by atoms with Crippen molar-refractivity contribution in [1.82, 2.24) is 5.32 Å². The molecule has 1 atom stereocenters. The van der Waals surface area contributed by atoms with Gasteiger partial charge in [0.15, 0.2) is 0 Å². The van der Waals surface area contributed by atoms with E-state index in [0.29, 0.717) is 0 Å². The van der Waals surface area contributed by atoms with Crippen LogP contribution >= 0.6 is 0 Å². The fraction of sp³-hybridized carbons (Fsp3) is 0.750. The highest BCUT2D eigenvalue weighted by molar-refractivity contribution is 5.96. The summed E-state index contributed by atoms with van der Waals surface area (Å²) in [5.41, 5.74) is -0.374. The predicted octanol–water partition coefficient (Wildman–Crippen LogP) is 0.622. The van der Waals surface area contributed by atoms with Gasteiger partial charge in [0.1, 0.15) is 5.92 Å². The van der Waals surface area contributed by atoms with Gasteiger partial charge in [0.25, 0.3) is 0 Å². The normalized spacial score (nSPS) is 13.7. The number of hydrogen-bond acceptors (Lipinski definition) is 2. The summed E-state index contributed by atoms with van der Waals surface area (Å²) in [5.74, 6) is -2.53. The first-order valence-corrected chi connectivity index (χ1v) is 3.79. The maximum absolute atomic E-state index is 11.1. The van der Waals surface area contributed by atoms with Gasteiger partial charge >= 0.3 is 5.97 Å². The smallest absolute Gasteiger partial charge is 0.315 e. The van der Waals surface area contributed by atoms with Crippen molar-refractivity contribution in [2.75, 3.05) is 0 Å². The van der Waals surface area contributed by atoms with E-state index in [-0.39, 0.29) is 5.54 Å². The van der Waals surface area contributed by atoms with Gasteiger partial charge in [-0.25, -0.2) is 0 Å². The summed E-state index contributed by atoms with van der Waals surface area (Å²) in [6, 6.07) is 0. The molecule has 0 aliphatic heterocycles. The van der Waals surface area contributed by atoms with Gasteiger partial charge in [0.2, 0.25) is 5.91 Å². The lowest BCUT2D eigenvalue weighted by molar-refractivity contribution is -0.146. The Morgan fingerprint density at radius 2 is 1.75 bits per heavy atom. The van der Waals surface area contributed by atoms with Gasteiger partial charge in [0, 0.05) is 5.54 Å². The Labute approximate surface area is 72.0 Å². The van der Waals surface area contributed by atoms with E-state index in [1.54, 1.807) is 20.8 Å². The lowest BCUT2D eigenvalue weighted by atomic mass is 10.1. The Balaban J connectivity index is 4.15. The first-order chi connectivity index (χ1) is 5.24. The molecule has 0 saturated carbocycles. The van der Waals surface area contributed by atoms with Crippen LogP contribution in [-0.4, -0.2) is 22.5 Å². The average molecular weight is 173 g/mol. The SMILES string of the molecule is CC(C(=O)O)C(=O)NC(C)(C)C. The zero-order valence-corrected chi connectivity index (χ0v) is 7.84. The van der Waals surface area contributed by atoms with E-state index >= 15 is 0 Å². The van der Waals surface area contributed by atoms with Crippen LogP contribution in [0.3, 0.4) is 0 Å². The molecule has 0 rings (SSSR count). The molecular formula is C8H15NO3. The van der Waals surface area contributed by atoms with Crippen LogP contribution in [-0.2, 0) is 9.59 Å². The zero-order chi connectivity index (χ0) is 9.94. The van der Waals surface area contributed by atoms with Gasteiger partial charge in [-0.15, -0.1) is 0 Å². The quantitative estimate of drug-likeness (QED) is 0.601. The molecule has 0 fully saturated rings. The third-order valence-electron chi connectivity index (χ3n) is 1.26. The number of hydrogen-bond donors (Lipinski definition) is 2. The van der Waals surface area contributed by atoms with E-state index in [1.165, 1.54) is 6.92 Å². The molecule has 0 radical (unpaired) electrons. The third-order valence-corrected chi connectivity index (χ3v) is 1.26. The Kier molecular flexibility index (Phi) is 3.24. The molecule has 0 aromatic carbocycles. The zero-order valence-electron chi connectivity index (χ0n) is 7.84. The molecule has 1 unspecified atom stereocenters. The van der Waals surface area contributed by atoms with E-state index < -0.39 is 17.8 Å². The molecule has 0 aromatic heterocycles. The molecule has 0 bridgehead atoms. The summed E-state index contributed by atoms with van der Waals surface area (Å²) in [4.78, 5) is 21.5. The fourth-order valence-electron chi connectivity index (χ4n) is 0.590. The fourth-order valence-corrected chi connectivity index (χ4v) is 0.590. The van der Waals surface area contributed by atoms with Crippen LogP contribution in [0.5, 0.6) is 0 Å². The molecule has 12 heavy (non-hydrogen) atoms. The minimum atomic E-state index is -1.10. The van der Waals surface area contributed by atoms with E-state index in [1.807, 2.05) is 0 Å². The Hall–Kier alpha value is -1.06. The molecule has 70 valence electrons. The summed E-state index contributed by atoms with van der Waals surface area (Å²) in [5, 5.41) is 11.1. The lowest BCUT2D eigenvalue weighted by Crippen LogP contribution is -2.44. The van der Waals surface area contributed by atoms with Crippen LogP contribution < -0.4 is 5.32 Å². The number of carbonyl (C=O) groups is 2. The van der Waals surface area contributed by atoms with Crippen molar-refractivity contribution in [2.45, 2.75) is 33.2 Å². The Morgan fingerprint density at radius 1 is 1.33 bits per heavy atom. The maximum Gasteiger partial charge on any atom is 0.315 e. The standard InChI is InChI=1S/C8H15NO3/c1-5(7(11)12)6(10)9-8(2,3)4/h5H,1-4H3,(H,9,10)(H,11,12). The number of carboxylic acids is 1. The van der Waals surface area contributed by atoms with Crippen LogP contribution in [0.4, 0.5) is 0 Å². The van der Waals surface area contributed by atoms with Gasteiger partial charge in [-0.3, -0.25) is 9.59 Å². The first kappa shape index (κ1) is 10.9. The van der Waals surface area contributed by atoms with E-state index in [9.17, 15) is 9.59 Å². The lowest BCUT2D eigenvalue weighted by Gasteiger charge is -2.21. The third kappa shape index (κ3) is 3.95. The molecular weight excluding hydrogens is 158 g/mol. The van der Waals surface area contributed by atoms with Crippen LogP contribution in [0.15, 0.2) is 0 Å². The van der Waals surface area contributed by atoms with E-state index in [4.69, 9.17) is 5.11 Å². The highest BCUT2D eigenvalue weighted by Gasteiger charge is 2.23. The summed E-state index contributed by atoms with van der Waals surface area (Å²) in [6.45, 7) is 6.78. The molecule has 4 nitrogen and oxygen atoms in total. The second-order valence-electron chi connectivity index (χ2n) is 3.80. The number of amides is 1. The Bertz CT molecular complexity index is 193. The van der Waals surface area contributed by atoms with E-state index in [0.717, 1.165) is 0 Å². The molecule has 0 aliphatic rings. The van der Waals surface area contributed by atoms with Gasteiger partial charge in [-0.05, 0) is 27.7 Å². The Morgan fingerprint density at radius 3 is 2.00 bits per heavy atom. The highest BCUT2D eigenvalue weighted by atomic mass is 16.4. The van der Waals surface area contributed by atoms with Crippen molar-refractivity contribution >= 4 is 11.9 Å². The van der Waals surface area contributed by atoms with Crippen molar-refractivity contribution in [3.8, 4) is 0 Å². The van der Waals surface area contributed by atoms with Crippen molar-refractivity contribution in [1.29, 1.82) is 0 Å². The second kappa shape index (κ2) is 3.56. The van der Waals surface area contributed by atoms with Crippen molar-refractivity contribution in [3.05, 3.63) is 0 Å². The molecule has 0 aromatic rings. The van der Waals surface area contributed by atoms with Crippen LogP contribution in [0.1, 0.15) is 27.7 Å². The van der Waals surface area contributed by atoms with Gasteiger partial charge in [0.05, 0.1) is 0 Å². The minimum Gasteiger partial charge on any atom is -0.481 e. The summed E-state index contributed by atoms with van der Waals surface area (Å²) >= 11 is 0. The highest BCUT2D eigenvalue weighted by Crippen LogP contribution is 2.02.